The predicted molar refractivity (Wildman–Crippen MR) is 101 cm³/mol. The van der Waals surface area contributed by atoms with Crippen LogP contribution in [-0.4, -0.2) is 25.1 Å². The summed E-state index contributed by atoms with van der Waals surface area (Å²) in [5.74, 6) is -1.27. The smallest absolute Gasteiger partial charge is 0.241 e. The number of nitrogens with zero attached hydrogens (tertiary/aromatic N) is 1. The highest BCUT2D eigenvalue weighted by atomic mass is 35.5. The second-order valence-electron chi connectivity index (χ2n) is 5.71. The van der Waals surface area contributed by atoms with E-state index in [1.807, 2.05) is 26.0 Å². The zero-order valence-corrected chi connectivity index (χ0v) is 15.9. The second kappa shape index (κ2) is 6.74. The van der Waals surface area contributed by atoms with Crippen LogP contribution >= 0.6 is 22.9 Å². The molecule has 1 N–H and O–H groups in total. The van der Waals surface area contributed by atoms with Gasteiger partial charge in [-0.3, -0.25) is 4.79 Å². The molecule has 0 radical (unpaired) electrons. The maximum atomic E-state index is 12.3. The number of sulfone groups is 1. The van der Waals surface area contributed by atoms with Gasteiger partial charge in [0.05, 0.1) is 15.1 Å². The number of aryl methyl sites for hydroxylation is 2. The maximum absolute atomic E-state index is 12.3. The Morgan fingerprint density at radius 3 is 2.56 bits per heavy atom. The molecule has 0 aliphatic heterocycles. The molecule has 0 fully saturated rings. The molecule has 0 aliphatic carbocycles. The molecule has 25 heavy (non-hydrogen) atoms. The van der Waals surface area contributed by atoms with Crippen LogP contribution < -0.4 is 5.32 Å². The lowest BCUT2D eigenvalue weighted by molar-refractivity contribution is -0.113. The van der Waals surface area contributed by atoms with Crippen LogP contribution in [0.4, 0.5) is 5.13 Å². The van der Waals surface area contributed by atoms with Gasteiger partial charge >= 0.3 is 0 Å². The van der Waals surface area contributed by atoms with Crippen molar-refractivity contribution in [3.8, 4) is 0 Å². The van der Waals surface area contributed by atoms with Gasteiger partial charge in [0, 0.05) is 5.02 Å². The van der Waals surface area contributed by atoms with Gasteiger partial charge in [-0.2, -0.15) is 0 Å². The first-order valence-electron chi connectivity index (χ1n) is 7.40. The van der Waals surface area contributed by atoms with E-state index in [1.54, 1.807) is 0 Å². The molecule has 130 valence electrons. The molecule has 8 heteroatoms. The van der Waals surface area contributed by atoms with Gasteiger partial charge in [0.1, 0.15) is 5.75 Å². The Hall–Kier alpha value is -1.96. The Morgan fingerprint density at radius 2 is 1.88 bits per heavy atom. The summed E-state index contributed by atoms with van der Waals surface area (Å²) in [5.41, 5.74) is 2.94. The lowest BCUT2D eigenvalue weighted by Crippen LogP contribution is -2.22. The van der Waals surface area contributed by atoms with Crippen molar-refractivity contribution in [3.63, 3.8) is 0 Å². The molecule has 0 aliphatic rings. The van der Waals surface area contributed by atoms with Crippen molar-refractivity contribution in [3.05, 3.63) is 52.5 Å². The van der Waals surface area contributed by atoms with Gasteiger partial charge in [0.2, 0.25) is 5.91 Å². The van der Waals surface area contributed by atoms with Crippen molar-refractivity contribution in [2.75, 3.05) is 11.1 Å². The van der Waals surface area contributed by atoms with E-state index < -0.39 is 21.5 Å². The van der Waals surface area contributed by atoms with Gasteiger partial charge in [-0.05, 0) is 55.3 Å². The molecule has 2 aromatic carbocycles. The standard InChI is InChI=1S/C17H15ClN2O3S2/c1-10-7-11(2)16-14(8-10)19-17(24-16)20-15(21)9-25(22,23)13-5-3-12(18)4-6-13/h3-8H,9H2,1-2H3,(H,19,20,21). The second-order valence-corrected chi connectivity index (χ2v) is 9.14. The van der Waals surface area contributed by atoms with E-state index in [1.165, 1.54) is 35.6 Å². The number of rotatable bonds is 4. The van der Waals surface area contributed by atoms with Crippen molar-refractivity contribution < 1.29 is 13.2 Å². The first kappa shape index (κ1) is 17.8. The molecule has 0 atom stereocenters. The molecule has 0 bridgehead atoms. The summed E-state index contributed by atoms with van der Waals surface area (Å²) >= 11 is 7.09. The zero-order valence-electron chi connectivity index (χ0n) is 13.5. The minimum atomic E-state index is -3.74. The van der Waals surface area contributed by atoms with Gasteiger partial charge in [-0.15, -0.1) is 0 Å². The number of hydrogen-bond donors (Lipinski definition) is 1. The van der Waals surface area contributed by atoms with Crippen LogP contribution in [0.5, 0.6) is 0 Å². The fraction of sp³-hybridized carbons (Fsp3) is 0.176. The lowest BCUT2D eigenvalue weighted by Gasteiger charge is -2.04. The van der Waals surface area contributed by atoms with Gasteiger partial charge in [0.25, 0.3) is 0 Å². The summed E-state index contributed by atoms with van der Waals surface area (Å²) < 4.78 is 25.6. The first-order chi connectivity index (χ1) is 11.7. The van der Waals surface area contributed by atoms with Gasteiger partial charge < -0.3 is 5.32 Å². The number of benzene rings is 2. The fourth-order valence-corrected chi connectivity index (χ4v) is 4.68. The molecular weight excluding hydrogens is 380 g/mol. The van der Waals surface area contributed by atoms with Crippen molar-refractivity contribution in [2.24, 2.45) is 0 Å². The van der Waals surface area contributed by atoms with Gasteiger partial charge in [-0.1, -0.05) is 29.0 Å². The Labute approximate surface area is 154 Å². The normalized spacial score (nSPS) is 11.6. The number of hydrogen-bond acceptors (Lipinski definition) is 5. The predicted octanol–water partition coefficient (Wildman–Crippen LogP) is 3.98. The Morgan fingerprint density at radius 1 is 1.20 bits per heavy atom. The van der Waals surface area contributed by atoms with Crippen molar-refractivity contribution in [2.45, 2.75) is 18.7 Å². The van der Waals surface area contributed by atoms with E-state index in [4.69, 9.17) is 11.6 Å². The molecule has 0 saturated carbocycles. The average molecular weight is 395 g/mol. The van der Waals surface area contributed by atoms with Crippen molar-refractivity contribution in [1.29, 1.82) is 0 Å². The van der Waals surface area contributed by atoms with E-state index in [0.717, 1.165) is 21.3 Å². The van der Waals surface area contributed by atoms with E-state index in [9.17, 15) is 13.2 Å². The summed E-state index contributed by atoms with van der Waals surface area (Å²) in [6.45, 7) is 3.95. The minimum absolute atomic E-state index is 0.0582. The molecular formula is C17H15ClN2O3S2. The van der Waals surface area contributed by atoms with Crippen molar-refractivity contribution in [1.82, 2.24) is 4.98 Å². The maximum Gasteiger partial charge on any atom is 0.241 e. The van der Waals surface area contributed by atoms with E-state index in [0.29, 0.717) is 10.2 Å². The van der Waals surface area contributed by atoms with Crippen LogP contribution in [0.3, 0.4) is 0 Å². The molecule has 1 aromatic heterocycles. The Bertz CT molecular complexity index is 1060. The van der Waals surface area contributed by atoms with Crippen molar-refractivity contribution >= 4 is 54.0 Å². The number of carbonyl (C=O) groups is 1. The third-order valence-corrected chi connectivity index (χ3v) is 6.57. The molecule has 3 rings (SSSR count). The molecule has 5 nitrogen and oxygen atoms in total. The first-order valence-corrected chi connectivity index (χ1v) is 10.3. The summed E-state index contributed by atoms with van der Waals surface area (Å²) in [6, 6.07) is 9.69. The largest absolute Gasteiger partial charge is 0.301 e. The molecule has 0 saturated heterocycles. The number of fused-ring (bicyclic) bond motifs is 1. The SMILES string of the molecule is Cc1cc(C)c2sc(NC(=O)CS(=O)(=O)c3ccc(Cl)cc3)nc2c1. The quantitative estimate of drug-likeness (QED) is 0.726. The summed E-state index contributed by atoms with van der Waals surface area (Å²) in [5, 5.41) is 3.40. The number of halogens is 1. The minimum Gasteiger partial charge on any atom is -0.301 e. The number of carbonyl (C=O) groups excluding carboxylic acids is 1. The van der Waals surface area contributed by atoms with Crippen LogP contribution in [0.2, 0.25) is 5.02 Å². The third-order valence-electron chi connectivity index (χ3n) is 3.56. The number of nitrogens with one attached hydrogen (secondary N) is 1. The van der Waals surface area contributed by atoms with E-state index in [2.05, 4.69) is 10.3 Å². The highest BCUT2D eigenvalue weighted by molar-refractivity contribution is 7.92. The summed E-state index contributed by atoms with van der Waals surface area (Å²) in [6.07, 6.45) is 0. The van der Waals surface area contributed by atoms with Gasteiger partial charge in [-0.25, -0.2) is 13.4 Å². The average Bonchev–Trinajstić information content (AvgIpc) is 2.89. The molecule has 0 spiro atoms. The molecule has 1 heterocycles. The number of anilines is 1. The molecule has 1 amide bonds. The summed E-state index contributed by atoms with van der Waals surface area (Å²) in [7, 11) is -3.74. The summed E-state index contributed by atoms with van der Waals surface area (Å²) in [4.78, 5) is 16.6. The Balaban J connectivity index is 1.78. The number of aromatic nitrogens is 1. The Kier molecular flexibility index (Phi) is 4.81. The van der Waals surface area contributed by atoms with Gasteiger partial charge in [0.15, 0.2) is 15.0 Å². The van der Waals surface area contributed by atoms with E-state index in [-0.39, 0.29) is 4.90 Å². The van der Waals surface area contributed by atoms with Crippen LogP contribution in [0, 0.1) is 13.8 Å². The van der Waals surface area contributed by atoms with Crippen LogP contribution in [0.1, 0.15) is 11.1 Å². The number of thiazole rings is 1. The van der Waals surface area contributed by atoms with Crippen LogP contribution in [-0.2, 0) is 14.6 Å². The molecule has 0 unspecified atom stereocenters. The highest BCUT2D eigenvalue weighted by Gasteiger charge is 2.20. The van der Waals surface area contributed by atoms with Crippen LogP contribution in [0.15, 0.2) is 41.3 Å². The third kappa shape index (κ3) is 4.00. The topological polar surface area (TPSA) is 76.1 Å². The molecule has 3 aromatic rings. The monoisotopic (exact) mass is 394 g/mol. The van der Waals surface area contributed by atoms with E-state index >= 15 is 0 Å². The highest BCUT2D eigenvalue weighted by Crippen LogP contribution is 2.29. The fourth-order valence-electron chi connectivity index (χ4n) is 2.48. The van der Waals surface area contributed by atoms with Crippen LogP contribution in [0.25, 0.3) is 10.2 Å². The lowest BCUT2D eigenvalue weighted by atomic mass is 10.1. The zero-order chi connectivity index (χ0) is 18.2. The number of amides is 1.